The van der Waals surface area contributed by atoms with Gasteiger partial charge < -0.3 is 15.2 Å². The number of anilines is 1. The second-order valence-electron chi connectivity index (χ2n) is 2.48. The van der Waals surface area contributed by atoms with Gasteiger partial charge in [-0.15, -0.1) is 13.2 Å². The summed E-state index contributed by atoms with van der Waals surface area (Å²) in [5.74, 6) is -0.512. The van der Waals surface area contributed by atoms with Crippen molar-refractivity contribution in [2.24, 2.45) is 0 Å². The fourth-order valence-electron chi connectivity index (χ4n) is 0.927. The van der Waals surface area contributed by atoms with E-state index >= 15 is 0 Å². The topological polar surface area (TPSA) is 41.5 Å². The third-order valence-electron chi connectivity index (χ3n) is 1.46. The van der Waals surface area contributed by atoms with Crippen molar-refractivity contribution in [1.82, 2.24) is 0 Å². The number of halogens is 3. The highest BCUT2D eigenvalue weighted by Gasteiger charge is 2.32. The summed E-state index contributed by atoms with van der Waals surface area (Å²) in [7, 11) is 1.43. The molecule has 0 atom stereocenters. The molecule has 1 aromatic carbocycles. The van der Waals surface area contributed by atoms with Crippen molar-refractivity contribution in [3.05, 3.63) is 18.2 Å². The number of phenolic OH excluding ortho intramolecular Hbond substituents is 1. The van der Waals surface area contributed by atoms with Crippen molar-refractivity contribution in [2.75, 3.05) is 12.4 Å². The molecule has 1 aromatic rings. The smallest absolute Gasteiger partial charge is 0.508 e. The molecule has 0 heterocycles. The number of benzene rings is 1. The first-order chi connectivity index (χ1) is 6.42. The number of ether oxygens (including phenoxy) is 1. The molecule has 0 spiro atoms. The zero-order valence-corrected chi connectivity index (χ0v) is 7.22. The standard InChI is InChI=1S/C8H8F3NO2/c1-12-6-4-5(13)2-3-7(6)14-8(9,10)11/h2-4,12-13H,1H3. The lowest BCUT2D eigenvalue weighted by molar-refractivity contribution is -0.274. The minimum Gasteiger partial charge on any atom is -0.508 e. The molecule has 0 bridgehead atoms. The number of hydrogen-bond donors (Lipinski definition) is 2. The van der Waals surface area contributed by atoms with Crippen LogP contribution in [-0.4, -0.2) is 18.5 Å². The van der Waals surface area contributed by atoms with Crippen molar-refractivity contribution in [1.29, 1.82) is 0 Å². The van der Waals surface area contributed by atoms with Crippen molar-refractivity contribution in [2.45, 2.75) is 6.36 Å². The van der Waals surface area contributed by atoms with E-state index in [2.05, 4.69) is 10.1 Å². The molecular weight excluding hydrogens is 199 g/mol. The molecule has 0 amide bonds. The Bertz CT molecular complexity index is 325. The first-order valence-electron chi connectivity index (χ1n) is 3.69. The summed E-state index contributed by atoms with van der Waals surface area (Å²) in [6.45, 7) is 0. The molecule has 3 nitrogen and oxygen atoms in total. The Morgan fingerprint density at radius 1 is 1.36 bits per heavy atom. The van der Waals surface area contributed by atoms with E-state index in [1.165, 1.54) is 7.05 Å². The van der Waals surface area contributed by atoms with Crippen LogP contribution in [0.3, 0.4) is 0 Å². The van der Waals surface area contributed by atoms with Crippen LogP contribution in [0.15, 0.2) is 18.2 Å². The predicted octanol–water partition coefficient (Wildman–Crippen LogP) is 2.33. The Labute approximate surface area is 78.1 Å². The van der Waals surface area contributed by atoms with Crippen LogP contribution in [0.4, 0.5) is 18.9 Å². The van der Waals surface area contributed by atoms with Crippen molar-refractivity contribution in [3.8, 4) is 11.5 Å². The maximum absolute atomic E-state index is 11.8. The highest BCUT2D eigenvalue weighted by atomic mass is 19.4. The normalized spacial score (nSPS) is 11.1. The van der Waals surface area contributed by atoms with Crippen molar-refractivity contribution in [3.63, 3.8) is 0 Å². The van der Waals surface area contributed by atoms with Crippen LogP contribution in [0.25, 0.3) is 0 Å². The van der Waals surface area contributed by atoms with Gasteiger partial charge >= 0.3 is 6.36 Å². The van der Waals surface area contributed by atoms with Gasteiger partial charge in [0.1, 0.15) is 5.75 Å². The lowest BCUT2D eigenvalue weighted by Gasteiger charge is -2.12. The molecule has 0 unspecified atom stereocenters. The van der Waals surface area contributed by atoms with E-state index in [1.807, 2.05) is 0 Å². The molecule has 0 saturated heterocycles. The number of aromatic hydroxyl groups is 1. The summed E-state index contributed by atoms with van der Waals surface area (Å²) in [6, 6.07) is 3.29. The highest BCUT2D eigenvalue weighted by molar-refractivity contribution is 5.59. The van der Waals surface area contributed by atoms with Gasteiger partial charge in [-0.2, -0.15) is 0 Å². The van der Waals surface area contributed by atoms with Gasteiger partial charge in [0, 0.05) is 13.1 Å². The molecule has 78 valence electrons. The summed E-state index contributed by atoms with van der Waals surface area (Å²) >= 11 is 0. The first-order valence-corrected chi connectivity index (χ1v) is 3.69. The predicted molar refractivity (Wildman–Crippen MR) is 44.3 cm³/mol. The van der Waals surface area contributed by atoms with Gasteiger partial charge in [0.15, 0.2) is 5.75 Å². The Morgan fingerprint density at radius 2 is 2.00 bits per heavy atom. The molecule has 2 N–H and O–H groups in total. The Hall–Kier alpha value is -1.59. The molecule has 0 fully saturated rings. The fourth-order valence-corrected chi connectivity index (χ4v) is 0.927. The second-order valence-corrected chi connectivity index (χ2v) is 2.48. The van der Waals surface area contributed by atoms with Gasteiger partial charge in [-0.25, -0.2) is 0 Å². The summed E-state index contributed by atoms with van der Waals surface area (Å²) in [4.78, 5) is 0. The molecule has 0 aliphatic heterocycles. The number of hydrogen-bond acceptors (Lipinski definition) is 3. The first kappa shape index (κ1) is 10.5. The lowest BCUT2D eigenvalue weighted by atomic mass is 10.3. The summed E-state index contributed by atoms with van der Waals surface area (Å²) in [5.41, 5.74) is 0.0716. The summed E-state index contributed by atoms with van der Waals surface area (Å²) in [5, 5.41) is 11.5. The van der Waals surface area contributed by atoms with E-state index < -0.39 is 6.36 Å². The molecule has 0 aliphatic carbocycles. The van der Waals surface area contributed by atoms with E-state index in [-0.39, 0.29) is 17.2 Å². The van der Waals surface area contributed by atoms with Gasteiger partial charge in [0.25, 0.3) is 0 Å². The Morgan fingerprint density at radius 3 is 2.50 bits per heavy atom. The summed E-state index contributed by atoms with van der Waals surface area (Å²) < 4.78 is 39.2. The molecular formula is C8H8F3NO2. The van der Waals surface area contributed by atoms with Crippen LogP contribution in [0.5, 0.6) is 11.5 Å². The van der Waals surface area contributed by atoms with Crippen LogP contribution in [0.2, 0.25) is 0 Å². The number of alkyl halides is 3. The fraction of sp³-hybridized carbons (Fsp3) is 0.250. The van der Waals surface area contributed by atoms with Gasteiger partial charge in [-0.05, 0) is 12.1 Å². The van der Waals surface area contributed by atoms with Crippen LogP contribution in [0.1, 0.15) is 0 Å². The van der Waals surface area contributed by atoms with E-state index in [0.717, 1.165) is 18.2 Å². The highest BCUT2D eigenvalue weighted by Crippen LogP contribution is 2.32. The molecule has 0 aliphatic rings. The van der Waals surface area contributed by atoms with Crippen molar-refractivity contribution >= 4 is 5.69 Å². The molecule has 6 heteroatoms. The largest absolute Gasteiger partial charge is 0.573 e. The zero-order valence-electron chi connectivity index (χ0n) is 7.22. The van der Waals surface area contributed by atoms with Gasteiger partial charge in [0.05, 0.1) is 5.69 Å². The molecule has 1 rings (SSSR count). The van der Waals surface area contributed by atoms with Gasteiger partial charge in [-0.1, -0.05) is 0 Å². The van der Waals surface area contributed by atoms with E-state index in [0.29, 0.717) is 0 Å². The SMILES string of the molecule is CNc1cc(O)ccc1OC(F)(F)F. The molecule has 0 aromatic heterocycles. The number of nitrogens with one attached hydrogen (secondary N) is 1. The Balaban J connectivity index is 2.97. The summed E-state index contributed by atoms with van der Waals surface area (Å²) in [6.07, 6.45) is -4.73. The molecule has 0 radical (unpaired) electrons. The third-order valence-corrected chi connectivity index (χ3v) is 1.46. The number of rotatable bonds is 2. The van der Waals surface area contributed by atoms with Crippen molar-refractivity contribution < 1.29 is 23.0 Å². The minimum absolute atomic E-state index is 0.0716. The molecule has 14 heavy (non-hydrogen) atoms. The average molecular weight is 207 g/mol. The Kier molecular flexibility index (Phi) is 2.73. The van der Waals surface area contributed by atoms with Crippen LogP contribution < -0.4 is 10.1 Å². The maximum Gasteiger partial charge on any atom is 0.573 e. The zero-order chi connectivity index (χ0) is 10.8. The molecule has 0 saturated carbocycles. The van der Waals surface area contributed by atoms with E-state index in [4.69, 9.17) is 5.11 Å². The minimum atomic E-state index is -4.73. The van der Waals surface area contributed by atoms with E-state index in [1.54, 1.807) is 0 Å². The van der Waals surface area contributed by atoms with Gasteiger partial charge in [0.2, 0.25) is 0 Å². The van der Waals surface area contributed by atoms with Crippen LogP contribution in [0, 0.1) is 0 Å². The number of phenols is 1. The van der Waals surface area contributed by atoms with Gasteiger partial charge in [-0.3, -0.25) is 0 Å². The van der Waals surface area contributed by atoms with E-state index in [9.17, 15) is 13.2 Å². The average Bonchev–Trinajstić information content (AvgIpc) is 2.06. The quantitative estimate of drug-likeness (QED) is 0.781. The third kappa shape index (κ3) is 2.72. The lowest BCUT2D eigenvalue weighted by Crippen LogP contribution is -2.17. The van der Waals surface area contributed by atoms with Crippen LogP contribution in [-0.2, 0) is 0 Å². The second kappa shape index (κ2) is 3.65. The monoisotopic (exact) mass is 207 g/mol. The maximum atomic E-state index is 11.8. The van der Waals surface area contributed by atoms with Crippen LogP contribution >= 0.6 is 0 Å².